The predicted octanol–water partition coefficient (Wildman–Crippen LogP) is 3.77. The van der Waals surface area contributed by atoms with Crippen molar-refractivity contribution in [3.8, 4) is 22.9 Å². The lowest BCUT2D eigenvalue weighted by atomic mass is 10.2. The summed E-state index contributed by atoms with van der Waals surface area (Å²) in [6, 6.07) is 5.56. The Labute approximate surface area is 150 Å². The molecular weight excluding hydrogens is 370 g/mol. The summed E-state index contributed by atoms with van der Waals surface area (Å²) < 4.78 is 44.0. The molecule has 1 aromatic carbocycles. The van der Waals surface area contributed by atoms with E-state index < -0.39 is 12.6 Å². The van der Waals surface area contributed by atoms with Crippen LogP contribution in [0.2, 0.25) is 0 Å². The molecule has 2 aromatic heterocycles. The summed E-state index contributed by atoms with van der Waals surface area (Å²) in [5, 5.41) is 7.53. The first-order valence-electron chi connectivity index (χ1n) is 7.22. The van der Waals surface area contributed by atoms with Crippen LogP contribution in [0.25, 0.3) is 11.4 Å². The first-order chi connectivity index (χ1) is 12.6. The molecule has 3 rings (SSSR count). The number of aromatic nitrogens is 2. The van der Waals surface area contributed by atoms with Gasteiger partial charge in [-0.25, -0.2) is 4.79 Å². The molecule has 0 aliphatic heterocycles. The number of ether oxygens (including phenoxy) is 3. The number of esters is 1. The van der Waals surface area contributed by atoms with Crippen molar-refractivity contribution >= 4 is 17.3 Å². The third kappa shape index (κ3) is 4.14. The molecule has 3 aromatic rings. The molecule has 0 saturated carbocycles. The molecule has 0 amide bonds. The van der Waals surface area contributed by atoms with Crippen LogP contribution in [0.3, 0.4) is 0 Å². The summed E-state index contributed by atoms with van der Waals surface area (Å²) in [6.45, 7) is -3.23. The molecule has 0 fully saturated rings. The van der Waals surface area contributed by atoms with E-state index >= 15 is 0 Å². The number of thiophene rings is 1. The van der Waals surface area contributed by atoms with E-state index in [1.807, 2.05) is 16.8 Å². The Hall–Kier alpha value is -3.01. The van der Waals surface area contributed by atoms with E-state index in [4.69, 9.17) is 14.0 Å². The standard InChI is InChI=1S/C16H12F2N2O5S/c1-22-12-6-9(2-3-11(12)24-16(17)18)15(21)23-7-13-19-14(20-25-13)10-4-5-26-8-10/h2-6,8,16H,7H2,1H3. The molecule has 0 unspecified atom stereocenters. The van der Waals surface area contributed by atoms with Crippen LogP contribution in [0.15, 0.2) is 39.5 Å². The smallest absolute Gasteiger partial charge is 0.387 e. The van der Waals surface area contributed by atoms with Crippen molar-refractivity contribution in [1.82, 2.24) is 10.1 Å². The third-order valence-electron chi connectivity index (χ3n) is 3.19. The van der Waals surface area contributed by atoms with Gasteiger partial charge in [0.1, 0.15) is 0 Å². The number of halogens is 2. The average Bonchev–Trinajstić information content (AvgIpc) is 3.30. The fraction of sp³-hybridized carbons (Fsp3) is 0.188. The molecule has 0 radical (unpaired) electrons. The quantitative estimate of drug-likeness (QED) is 0.575. The van der Waals surface area contributed by atoms with Gasteiger partial charge in [-0.15, -0.1) is 0 Å². The predicted molar refractivity (Wildman–Crippen MR) is 86.4 cm³/mol. The number of alkyl halides is 2. The summed E-state index contributed by atoms with van der Waals surface area (Å²) in [4.78, 5) is 16.2. The normalized spacial score (nSPS) is 10.8. The lowest BCUT2D eigenvalue weighted by Gasteiger charge is -2.10. The van der Waals surface area contributed by atoms with Gasteiger partial charge in [0, 0.05) is 10.9 Å². The maximum absolute atomic E-state index is 12.3. The Bertz CT molecular complexity index is 883. The lowest BCUT2D eigenvalue weighted by molar-refractivity contribution is -0.0512. The molecule has 0 spiro atoms. The van der Waals surface area contributed by atoms with Crippen molar-refractivity contribution in [2.45, 2.75) is 13.2 Å². The average molecular weight is 382 g/mol. The molecule has 136 valence electrons. The summed E-state index contributed by atoms with van der Waals surface area (Å²) >= 11 is 1.49. The summed E-state index contributed by atoms with van der Waals surface area (Å²) in [6.07, 6.45) is 0. The van der Waals surface area contributed by atoms with Crippen LogP contribution in [-0.4, -0.2) is 29.8 Å². The summed E-state index contributed by atoms with van der Waals surface area (Å²) in [7, 11) is 1.27. The van der Waals surface area contributed by atoms with E-state index in [9.17, 15) is 13.6 Å². The number of carbonyl (C=O) groups is 1. The van der Waals surface area contributed by atoms with Gasteiger partial charge in [0.2, 0.25) is 5.82 Å². The van der Waals surface area contributed by atoms with Gasteiger partial charge in [-0.05, 0) is 29.6 Å². The van der Waals surface area contributed by atoms with Crippen molar-refractivity contribution in [2.24, 2.45) is 0 Å². The number of carbonyl (C=O) groups excluding carboxylic acids is 1. The zero-order valence-electron chi connectivity index (χ0n) is 13.3. The third-order valence-corrected chi connectivity index (χ3v) is 3.87. The van der Waals surface area contributed by atoms with Crippen LogP contribution in [0.5, 0.6) is 11.5 Å². The molecule has 0 bridgehead atoms. The van der Waals surface area contributed by atoms with Crippen molar-refractivity contribution < 1.29 is 32.3 Å². The highest BCUT2D eigenvalue weighted by Gasteiger charge is 2.16. The van der Waals surface area contributed by atoms with Gasteiger partial charge < -0.3 is 18.7 Å². The van der Waals surface area contributed by atoms with Gasteiger partial charge in [-0.1, -0.05) is 5.16 Å². The number of methoxy groups -OCH3 is 1. The zero-order valence-corrected chi connectivity index (χ0v) is 14.2. The van der Waals surface area contributed by atoms with Gasteiger partial charge in [-0.2, -0.15) is 25.1 Å². The summed E-state index contributed by atoms with van der Waals surface area (Å²) in [5.74, 6) is -0.382. The second-order valence-electron chi connectivity index (χ2n) is 4.84. The Balaban J connectivity index is 1.65. The Kier molecular flexibility index (Phi) is 5.42. The maximum Gasteiger partial charge on any atom is 0.387 e. The Morgan fingerprint density at radius 2 is 2.15 bits per heavy atom. The van der Waals surface area contributed by atoms with Gasteiger partial charge in [-0.3, -0.25) is 0 Å². The molecule has 0 aliphatic carbocycles. The molecular formula is C16H12F2N2O5S. The van der Waals surface area contributed by atoms with Crippen molar-refractivity contribution in [3.63, 3.8) is 0 Å². The minimum Gasteiger partial charge on any atom is -0.493 e. The molecule has 0 N–H and O–H groups in total. The number of hydrogen-bond donors (Lipinski definition) is 0. The molecule has 10 heteroatoms. The zero-order chi connectivity index (χ0) is 18.5. The maximum atomic E-state index is 12.3. The number of hydrogen-bond acceptors (Lipinski definition) is 8. The second kappa shape index (κ2) is 7.91. The molecule has 26 heavy (non-hydrogen) atoms. The largest absolute Gasteiger partial charge is 0.493 e. The number of rotatable bonds is 7. The van der Waals surface area contributed by atoms with Crippen LogP contribution in [-0.2, 0) is 11.3 Å². The highest BCUT2D eigenvalue weighted by Crippen LogP contribution is 2.29. The topological polar surface area (TPSA) is 83.7 Å². The van der Waals surface area contributed by atoms with Gasteiger partial charge in [0.25, 0.3) is 5.89 Å². The van der Waals surface area contributed by atoms with Crippen LogP contribution < -0.4 is 9.47 Å². The monoisotopic (exact) mass is 382 g/mol. The van der Waals surface area contributed by atoms with E-state index in [0.29, 0.717) is 5.82 Å². The molecule has 0 atom stereocenters. The van der Waals surface area contributed by atoms with Crippen LogP contribution >= 0.6 is 11.3 Å². The van der Waals surface area contributed by atoms with Gasteiger partial charge in [0.05, 0.1) is 12.7 Å². The fourth-order valence-corrected chi connectivity index (χ4v) is 2.66. The van der Waals surface area contributed by atoms with Crippen LogP contribution in [0.1, 0.15) is 16.2 Å². The first kappa shape index (κ1) is 17.8. The van der Waals surface area contributed by atoms with E-state index in [1.54, 1.807) is 0 Å². The van der Waals surface area contributed by atoms with Crippen LogP contribution in [0.4, 0.5) is 8.78 Å². The fourth-order valence-electron chi connectivity index (χ4n) is 2.02. The van der Waals surface area contributed by atoms with E-state index in [1.165, 1.54) is 36.6 Å². The highest BCUT2D eigenvalue weighted by molar-refractivity contribution is 7.08. The van der Waals surface area contributed by atoms with E-state index in [0.717, 1.165) is 5.56 Å². The molecule has 2 heterocycles. The Morgan fingerprint density at radius 3 is 2.85 bits per heavy atom. The minimum absolute atomic E-state index is 0.0164. The SMILES string of the molecule is COc1cc(C(=O)OCc2nc(-c3ccsc3)no2)ccc1OC(F)F. The number of benzene rings is 1. The summed E-state index contributed by atoms with van der Waals surface area (Å²) in [5.41, 5.74) is 0.900. The second-order valence-corrected chi connectivity index (χ2v) is 5.62. The van der Waals surface area contributed by atoms with Crippen molar-refractivity contribution in [3.05, 3.63) is 46.5 Å². The van der Waals surface area contributed by atoms with Crippen molar-refractivity contribution in [1.29, 1.82) is 0 Å². The van der Waals surface area contributed by atoms with E-state index in [2.05, 4.69) is 14.9 Å². The minimum atomic E-state index is -3.00. The highest BCUT2D eigenvalue weighted by atomic mass is 32.1. The van der Waals surface area contributed by atoms with Crippen molar-refractivity contribution in [2.75, 3.05) is 7.11 Å². The number of nitrogens with zero attached hydrogens (tertiary/aromatic N) is 2. The molecule has 0 saturated heterocycles. The van der Waals surface area contributed by atoms with Crippen LogP contribution in [0, 0.1) is 0 Å². The lowest BCUT2D eigenvalue weighted by Crippen LogP contribution is -2.07. The van der Waals surface area contributed by atoms with E-state index in [-0.39, 0.29) is 29.6 Å². The Morgan fingerprint density at radius 1 is 1.31 bits per heavy atom. The molecule has 7 nitrogen and oxygen atoms in total. The van der Waals surface area contributed by atoms with Gasteiger partial charge >= 0.3 is 12.6 Å². The first-order valence-corrected chi connectivity index (χ1v) is 8.16. The molecule has 0 aliphatic rings. The van der Waals surface area contributed by atoms with Gasteiger partial charge in [0.15, 0.2) is 18.1 Å².